The molecule has 3 nitrogen and oxygen atoms in total. The van der Waals surface area contributed by atoms with Gasteiger partial charge in [-0.05, 0) is 38.5 Å². The Balaban J connectivity index is 1.52. The number of rotatable bonds is 6. The molecule has 0 spiro atoms. The molecular weight excluding hydrogens is 176 g/mol. The van der Waals surface area contributed by atoms with Crippen molar-refractivity contribution >= 4 is 5.91 Å². The normalized spacial score (nSPS) is 23.2. The predicted molar refractivity (Wildman–Crippen MR) is 56.0 cm³/mol. The third-order valence-electron chi connectivity index (χ3n) is 3.08. The van der Waals surface area contributed by atoms with E-state index in [0.717, 1.165) is 12.5 Å². The SMILES string of the molecule is CC(NC(=O)CCNC1CC1)C1CC1. The third-order valence-corrected chi connectivity index (χ3v) is 3.08. The summed E-state index contributed by atoms with van der Waals surface area (Å²) in [7, 11) is 0. The van der Waals surface area contributed by atoms with Crippen molar-refractivity contribution in [2.75, 3.05) is 6.54 Å². The molecule has 2 fully saturated rings. The second kappa shape index (κ2) is 4.30. The Morgan fingerprint density at radius 1 is 1.36 bits per heavy atom. The summed E-state index contributed by atoms with van der Waals surface area (Å²) in [5.41, 5.74) is 0. The number of carbonyl (C=O) groups is 1. The lowest BCUT2D eigenvalue weighted by Crippen LogP contribution is -2.35. The van der Waals surface area contributed by atoms with Gasteiger partial charge in [-0.25, -0.2) is 0 Å². The first-order chi connectivity index (χ1) is 6.75. The van der Waals surface area contributed by atoms with E-state index >= 15 is 0 Å². The molecule has 0 radical (unpaired) electrons. The molecular formula is C11H20N2O. The van der Waals surface area contributed by atoms with Gasteiger partial charge in [0.25, 0.3) is 0 Å². The highest BCUT2D eigenvalue weighted by atomic mass is 16.1. The Morgan fingerprint density at radius 2 is 2.07 bits per heavy atom. The molecule has 2 saturated carbocycles. The lowest BCUT2D eigenvalue weighted by atomic mass is 10.2. The van der Waals surface area contributed by atoms with Crippen LogP contribution in [-0.2, 0) is 4.79 Å². The molecule has 0 bridgehead atoms. The maximum Gasteiger partial charge on any atom is 0.221 e. The monoisotopic (exact) mass is 196 g/mol. The summed E-state index contributed by atoms with van der Waals surface area (Å²) in [4.78, 5) is 11.4. The molecule has 0 heterocycles. The van der Waals surface area contributed by atoms with Gasteiger partial charge < -0.3 is 10.6 Å². The molecule has 80 valence electrons. The molecule has 1 atom stereocenters. The van der Waals surface area contributed by atoms with E-state index in [2.05, 4.69) is 17.6 Å². The summed E-state index contributed by atoms with van der Waals surface area (Å²) in [6.07, 6.45) is 5.80. The number of carbonyl (C=O) groups excluding carboxylic acids is 1. The summed E-state index contributed by atoms with van der Waals surface area (Å²) >= 11 is 0. The summed E-state index contributed by atoms with van der Waals surface area (Å²) < 4.78 is 0. The summed E-state index contributed by atoms with van der Waals surface area (Å²) in [5.74, 6) is 0.966. The summed E-state index contributed by atoms with van der Waals surface area (Å²) in [6.45, 7) is 2.96. The van der Waals surface area contributed by atoms with E-state index in [1.807, 2.05) is 0 Å². The minimum atomic E-state index is 0.206. The zero-order chi connectivity index (χ0) is 9.97. The molecule has 1 amide bonds. The van der Waals surface area contributed by atoms with Gasteiger partial charge in [0.2, 0.25) is 5.91 Å². The predicted octanol–water partition coefficient (Wildman–Crippen LogP) is 1.04. The van der Waals surface area contributed by atoms with Crippen LogP contribution in [0.1, 0.15) is 39.0 Å². The first-order valence-electron chi connectivity index (χ1n) is 5.78. The Labute approximate surface area is 85.6 Å². The Hall–Kier alpha value is -0.570. The van der Waals surface area contributed by atoms with Crippen LogP contribution in [0.2, 0.25) is 0 Å². The molecule has 2 aliphatic rings. The average Bonchev–Trinajstić information content (AvgIpc) is 3.00. The van der Waals surface area contributed by atoms with Crippen molar-refractivity contribution in [1.82, 2.24) is 10.6 Å². The fraction of sp³-hybridized carbons (Fsp3) is 0.909. The van der Waals surface area contributed by atoms with E-state index in [1.54, 1.807) is 0 Å². The summed E-state index contributed by atoms with van der Waals surface area (Å²) in [6, 6.07) is 1.10. The Kier molecular flexibility index (Phi) is 3.06. The molecule has 1 unspecified atom stereocenters. The van der Waals surface area contributed by atoms with E-state index < -0.39 is 0 Å². The highest BCUT2D eigenvalue weighted by Gasteiger charge is 2.28. The minimum absolute atomic E-state index is 0.206. The largest absolute Gasteiger partial charge is 0.353 e. The van der Waals surface area contributed by atoms with Crippen LogP contribution in [-0.4, -0.2) is 24.5 Å². The molecule has 2 N–H and O–H groups in total. The Morgan fingerprint density at radius 3 is 2.64 bits per heavy atom. The van der Waals surface area contributed by atoms with Crippen LogP contribution in [0.5, 0.6) is 0 Å². The van der Waals surface area contributed by atoms with Crippen molar-refractivity contribution in [3.8, 4) is 0 Å². The molecule has 3 heteroatoms. The van der Waals surface area contributed by atoms with E-state index in [4.69, 9.17) is 0 Å². The van der Waals surface area contributed by atoms with Gasteiger partial charge in [0.05, 0.1) is 0 Å². The standard InChI is InChI=1S/C11H20N2O/c1-8(9-2-3-9)13-11(14)6-7-12-10-4-5-10/h8-10,12H,2-7H2,1H3,(H,13,14). The van der Waals surface area contributed by atoms with Crippen LogP contribution in [0, 0.1) is 5.92 Å². The fourth-order valence-electron chi connectivity index (χ4n) is 1.72. The van der Waals surface area contributed by atoms with Crippen molar-refractivity contribution in [1.29, 1.82) is 0 Å². The third kappa shape index (κ3) is 3.29. The van der Waals surface area contributed by atoms with Gasteiger partial charge in [-0.15, -0.1) is 0 Å². The molecule has 0 aromatic rings. The zero-order valence-electron chi connectivity index (χ0n) is 8.88. The van der Waals surface area contributed by atoms with E-state index in [9.17, 15) is 4.79 Å². The van der Waals surface area contributed by atoms with Crippen LogP contribution in [0.4, 0.5) is 0 Å². The second-order valence-corrected chi connectivity index (χ2v) is 4.67. The highest BCUT2D eigenvalue weighted by Crippen LogP contribution is 2.32. The minimum Gasteiger partial charge on any atom is -0.353 e. The first kappa shape index (κ1) is 9.97. The molecule has 0 aromatic carbocycles. The van der Waals surface area contributed by atoms with Crippen molar-refractivity contribution in [3.05, 3.63) is 0 Å². The summed E-state index contributed by atoms with van der Waals surface area (Å²) in [5, 5.41) is 6.40. The van der Waals surface area contributed by atoms with Gasteiger partial charge >= 0.3 is 0 Å². The van der Waals surface area contributed by atoms with Gasteiger partial charge in [0.1, 0.15) is 0 Å². The molecule has 0 saturated heterocycles. The maximum absolute atomic E-state index is 11.4. The molecule has 0 aromatic heterocycles. The van der Waals surface area contributed by atoms with E-state index in [0.29, 0.717) is 18.5 Å². The number of amides is 1. The van der Waals surface area contributed by atoms with E-state index in [1.165, 1.54) is 25.7 Å². The van der Waals surface area contributed by atoms with Crippen molar-refractivity contribution in [3.63, 3.8) is 0 Å². The van der Waals surface area contributed by atoms with Gasteiger partial charge in [-0.3, -0.25) is 4.79 Å². The highest BCUT2D eigenvalue weighted by molar-refractivity contribution is 5.76. The van der Waals surface area contributed by atoms with Crippen LogP contribution in [0.3, 0.4) is 0 Å². The fourth-order valence-corrected chi connectivity index (χ4v) is 1.72. The van der Waals surface area contributed by atoms with Gasteiger partial charge in [0.15, 0.2) is 0 Å². The molecule has 0 aliphatic heterocycles. The number of hydrogen-bond acceptors (Lipinski definition) is 2. The lowest BCUT2D eigenvalue weighted by molar-refractivity contribution is -0.121. The van der Waals surface area contributed by atoms with Crippen LogP contribution < -0.4 is 10.6 Å². The zero-order valence-corrected chi connectivity index (χ0v) is 8.88. The second-order valence-electron chi connectivity index (χ2n) is 4.67. The smallest absolute Gasteiger partial charge is 0.221 e. The van der Waals surface area contributed by atoms with Crippen LogP contribution in [0.25, 0.3) is 0 Å². The van der Waals surface area contributed by atoms with E-state index in [-0.39, 0.29) is 5.91 Å². The number of nitrogens with one attached hydrogen (secondary N) is 2. The van der Waals surface area contributed by atoms with Crippen molar-refractivity contribution in [2.45, 2.75) is 51.1 Å². The first-order valence-corrected chi connectivity index (χ1v) is 5.78. The molecule has 14 heavy (non-hydrogen) atoms. The average molecular weight is 196 g/mol. The lowest BCUT2D eigenvalue weighted by Gasteiger charge is -2.12. The molecule has 2 aliphatic carbocycles. The Bertz CT molecular complexity index is 209. The maximum atomic E-state index is 11.4. The quantitative estimate of drug-likeness (QED) is 0.666. The van der Waals surface area contributed by atoms with Gasteiger partial charge in [-0.2, -0.15) is 0 Å². The van der Waals surface area contributed by atoms with Crippen molar-refractivity contribution < 1.29 is 4.79 Å². The van der Waals surface area contributed by atoms with Crippen LogP contribution in [0.15, 0.2) is 0 Å². The van der Waals surface area contributed by atoms with Gasteiger partial charge in [0, 0.05) is 25.0 Å². The number of hydrogen-bond donors (Lipinski definition) is 2. The topological polar surface area (TPSA) is 41.1 Å². The van der Waals surface area contributed by atoms with Crippen LogP contribution >= 0.6 is 0 Å². The van der Waals surface area contributed by atoms with Crippen molar-refractivity contribution in [2.24, 2.45) is 5.92 Å². The molecule has 2 rings (SSSR count). The van der Waals surface area contributed by atoms with Gasteiger partial charge in [-0.1, -0.05) is 0 Å².